The van der Waals surface area contributed by atoms with Gasteiger partial charge in [-0.2, -0.15) is 0 Å². The second-order valence-corrected chi connectivity index (χ2v) is 8.91. The Morgan fingerprint density at radius 2 is 1.49 bits per heavy atom. The molecule has 1 N–H and O–H groups in total. The zero-order chi connectivity index (χ0) is 25.8. The molecule has 0 unspecified atom stereocenters. The number of nitrogens with zero attached hydrogens (tertiary/aromatic N) is 1. The number of carbonyl (C=O) groups is 1. The standard InChI is InChI=1S/C31H29NO5/c1-35-23-15-16-29(30(19-23)36-2)32(18-17-21-11-13-22(33)14-12-21)31(34)37-20-28-26-9-5-3-7-24(26)25-8-4-6-10-27(25)28/h3-16,19,28,33H,17-18,20H2,1-2H3. The molecule has 1 aliphatic carbocycles. The molecule has 4 aromatic rings. The van der Waals surface area contributed by atoms with Crippen LogP contribution in [0.1, 0.15) is 22.6 Å². The molecule has 4 aromatic carbocycles. The van der Waals surface area contributed by atoms with Crippen molar-refractivity contribution in [3.8, 4) is 28.4 Å². The van der Waals surface area contributed by atoms with Gasteiger partial charge in [-0.3, -0.25) is 4.90 Å². The number of aromatic hydroxyl groups is 1. The Bertz CT molecular complexity index is 1350. The molecule has 6 nitrogen and oxygen atoms in total. The summed E-state index contributed by atoms with van der Waals surface area (Å²) >= 11 is 0. The molecule has 0 spiro atoms. The lowest BCUT2D eigenvalue weighted by molar-refractivity contribution is 0.150. The fourth-order valence-corrected chi connectivity index (χ4v) is 4.89. The van der Waals surface area contributed by atoms with Crippen LogP contribution in [0.3, 0.4) is 0 Å². The molecule has 0 fully saturated rings. The zero-order valence-electron chi connectivity index (χ0n) is 20.9. The number of rotatable bonds is 8. The van der Waals surface area contributed by atoms with Crippen LogP contribution in [0.15, 0.2) is 91.0 Å². The van der Waals surface area contributed by atoms with E-state index in [1.807, 2.05) is 36.4 Å². The molecule has 37 heavy (non-hydrogen) atoms. The van der Waals surface area contributed by atoms with Crippen molar-refractivity contribution in [3.63, 3.8) is 0 Å². The largest absolute Gasteiger partial charge is 0.508 e. The monoisotopic (exact) mass is 495 g/mol. The highest BCUT2D eigenvalue weighted by Crippen LogP contribution is 2.44. The number of phenols is 1. The van der Waals surface area contributed by atoms with E-state index in [9.17, 15) is 9.90 Å². The van der Waals surface area contributed by atoms with Crippen LogP contribution in [0, 0.1) is 0 Å². The topological polar surface area (TPSA) is 68.2 Å². The first-order valence-electron chi connectivity index (χ1n) is 12.2. The third-order valence-electron chi connectivity index (χ3n) is 6.79. The van der Waals surface area contributed by atoms with Crippen molar-refractivity contribution in [1.29, 1.82) is 0 Å². The van der Waals surface area contributed by atoms with Gasteiger partial charge in [0.2, 0.25) is 0 Å². The molecule has 1 amide bonds. The lowest BCUT2D eigenvalue weighted by Crippen LogP contribution is -2.34. The molecule has 0 radical (unpaired) electrons. The molecule has 0 saturated heterocycles. The van der Waals surface area contributed by atoms with E-state index in [2.05, 4.69) is 24.3 Å². The van der Waals surface area contributed by atoms with E-state index in [0.29, 0.717) is 30.2 Å². The molecular formula is C31H29NO5. The summed E-state index contributed by atoms with van der Waals surface area (Å²) in [5.74, 6) is 1.31. The normalized spacial score (nSPS) is 11.9. The Kier molecular flexibility index (Phi) is 6.99. The molecule has 0 saturated carbocycles. The fraction of sp³-hybridized carbons (Fsp3) is 0.194. The van der Waals surface area contributed by atoms with Crippen molar-refractivity contribution in [2.24, 2.45) is 0 Å². The lowest BCUT2D eigenvalue weighted by Gasteiger charge is -2.25. The Balaban J connectivity index is 1.40. The molecular weight excluding hydrogens is 466 g/mol. The summed E-state index contributed by atoms with van der Waals surface area (Å²) in [4.78, 5) is 15.2. The van der Waals surface area contributed by atoms with Crippen molar-refractivity contribution >= 4 is 11.8 Å². The van der Waals surface area contributed by atoms with E-state index in [1.54, 1.807) is 49.5 Å². The predicted octanol–water partition coefficient (Wildman–Crippen LogP) is 6.41. The predicted molar refractivity (Wildman–Crippen MR) is 144 cm³/mol. The maximum Gasteiger partial charge on any atom is 0.414 e. The quantitative estimate of drug-likeness (QED) is 0.306. The molecule has 0 atom stereocenters. The van der Waals surface area contributed by atoms with Crippen molar-refractivity contribution in [3.05, 3.63) is 108 Å². The Labute approximate surface area is 216 Å². The molecule has 0 aliphatic heterocycles. The number of anilines is 1. The van der Waals surface area contributed by atoms with Crippen LogP contribution in [0.4, 0.5) is 10.5 Å². The van der Waals surface area contributed by atoms with Gasteiger partial charge in [0.25, 0.3) is 0 Å². The summed E-state index contributed by atoms with van der Waals surface area (Å²) in [7, 11) is 3.15. The first-order valence-corrected chi connectivity index (χ1v) is 12.2. The van der Waals surface area contributed by atoms with Crippen molar-refractivity contribution in [2.45, 2.75) is 12.3 Å². The summed E-state index contributed by atoms with van der Waals surface area (Å²) in [5.41, 5.74) is 6.27. The van der Waals surface area contributed by atoms with Crippen molar-refractivity contribution in [2.75, 3.05) is 32.3 Å². The van der Waals surface area contributed by atoms with Gasteiger partial charge >= 0.3 is 6.09 Å². The van der Waals surface area contributed by atoms with Gasteiger partial charge in [-0.1, -0.05) is 60.7 Å². The molecule has 6 heteroatoms. The third kappa shape index (κ3) is 4.96. The first-order chi connectivity index (χ1) is 18.1. The van der Waals surface area contributed by atoms with E-state index in [0.717, 1.165) is 16.7 Å². The van der Waals surface area contributed by atoms with E-state index in [-0.39, 0.29) is 18.3 Å². The smallest absolute Gasteiger partial charge is 0.414 e. The minimum Gasteiger partial charge on any atom is -0.508 e. The minimum atomic E-state index is -0.455. The van der Waals surface area contributed by atoms with Gasteiger partial charge in [-0.15, -0.1) is 0 Å². The van der Waals surface area contributed by atoms with Gasteiger partial charge in [-0.25, -0.2) is 4.79 Å². The summed E-state index contributed by atoms with van der Waals surface area (Å²) in [6, 6.07) is 28.8. The van der Waals surface area contributed by atoms with Crippen LogP contribution < -0.4 is 14.4 Å². The van der Waals surface area contributed by atoms with Crippen LogP contribution in [-0.4, -0.2) is 38.6 Å². The number of phenolic OH excluding ortho intramolecular Hbond substituents is 1. The lowest BCUT2D eigenvalue weighted by atomic mass is 9.98. The molecule has 0 bridgehead atoms. The zero-order valence-corrected chi connectivity index (χ0v) is 20.9. The van der Waals surface area contributed by atoms with Crippen LogP contribution in [0.5, 0.6) is 17.2 Å². The second-order valence-electron chi connectivity index (χ2n) is 8.91. The SMILES string of the molecule is COc1ccc(N(CCc2ccc(O)cc2)C(=O)OCC2c3ccccc3-c3ccccc32)c(OC)c1. The third-order valence-corrected chi connectivity index (χ3v) is 6.79. The number of methoxy groups -OCH3 is 2. The fourth-order valence-electron chi connectivity index (χ4n) is 4.89. The van der Waals surface area contributed by atoms with Crippen molar-refractivity contribution < 1.29 is 24.1 Å². The summed E-state index contributed by atoms with van der Waals surface area (Å²) in [5, 5.41) is 9.62. The van der Waals surface area contributed by atoms with Crippen LogP contribution in [0.2, 0.25) is 0 Å². The van der Waals surface area contributed by atoms with E-state index in [1.165, 1.54) is 11.1 Å². The molecule has 1 aliphatic rings. The highest BCUT2D eigenvalue weighted by molar-refractivity contribution is 5.90. The average Bonchev–Trinajstić information content (AvgIpc) is 3.26. The maximum absolute atomic E-state index is 13.6. The van der Waals surface area contributed by atoms with Gasteiger partial charge in [0.05, 0.1) is 19.9 Å². The summed E-state index contributed by atoms with van der Waals surface area (Å²) < 4.78 is 16.9. The van der Waals surface area contributed by atoms with E-state index in [4.69, 9.17) is 14.2 Å². The number of benzene rings is 4. The summed E-state index contributed by atoms with van der Waals surface area (Å²) in [6.45, 7) is 0.588. The first kappa shape index (κ1) is 24.3. The van der Waals surface area contributed by atoms with Gasteiger partial charge in [0.1, 0.15) is 23.9 Å². The number of hydrogen-bond acceptors (Lipinski definition) is 5. The number of hydrogen-bond donors (Lipinski definition) is 1. The highest BCUT2D eigenvalue weighted by atomic mass is 16.6. The number of amides is 1. The van der Waals surface area contributed by atoms with Crippen LogP contribution in [-0.2, 0) is 11.2 Å². The van der Waals surface area contributed by atoms with Gasteiger partial charge in [-0.05, 0) is 58.5 Å². The maximum atomic E-state index is 13.6. The molecule has 0 aromatic heterocycles. The molecule has 5 rings (SSSR count). The Morgan fingerprint density at radius 3 is 2.11 bits per heavy atom. The van der Waals surface area contributed by atoms with Gasteiger partial charge in [0, 0.05) is 18.5 Å². The second kappa shape index (κ2) is 10.7. The minimum absolute atomic E-state index is 0.0342. The number of ether oxygens (including phenoxy) is 3. The summed E-state index contributed by atoms with van der Waals surface area (Å²) in [6.07, 6.45) is 0.115. The van der Waals surface area contributed by atoms with Crippen molar-refractivity contribution in [1.82, 2.24) is 0 Å². The highest BCUT2D eigenvalue weighted by Gasteiger charge is 2.30. The average molecular weight is 496 g/mol. The van der Waals surface area contributed by atoms with E-state index < -0.39 is 6.09 Å². The van der Waals surface area contributed by atoms with E-state index >= 15 is 0 Å². The Hall–Kier alpha value is -4.45. The van der Waals surface area contributed by atoms with Crippen LogP contribution >= 0.6 is 0 Å². The Morgan fingerprint density at radius 1 is 0.838 bits per heavy atom. The molecule has 0 heterocycles. The van der Waals surface area contributed by atoms with Gasteiger partial charge < -0.3 is 19.3 Å². The number of fused-ring (bicyclic) bond motifs is 3. The molecule has 188 valence electrons. The van der Waals surface area contributed by atoms with Gasteiger partial charge in [0.15, 0.2) is 0 Å². The van der Waals surface area contributed by atoms with Crippen LogP contribution in [0.25, 0.3) is 11.1 Å². The number of carbonyl (C=O) groups excluding carboxylic acids is 1.